The first-order valence-electron chi connectivity index (χ1n) is 8.69. The average molecular weight is 325 g/mol. The first-order valence-corrected chi connectivity index (χ1v) is 8.69. The normalized spacial score (nSPS) is 23.0. The maximum atomic E-state index is 12.6. The standard InChI is InChI=1S/C17H31N3O3/c1-5-11(3)13(10-21)19-16(22)14-8-7-9-20(14)17(23)15(18)12(4)6-2/h10-15H,5-9,18H2,1-4H3,(H,19,22). The highest BCUT2D eigenvalue weighted by atomic mass is 16.2. The molecule has 5 unspecified atom stereocenters. The lowest BCUT2D eigenvalue weighted by atomic mass is 9.98. The van der Waals surface area contributed by atoms with Crippen LogP contribution in [-0.2, 0) is 14.4 Å². The summed E-state index contributed by atoms with van der Waals surface area (Å²) >= 11 is 0. The van der Waals surface area contributed by atoms with E-state index in [2.05, 4.69) is 5.32 Å². The van der Waals surface area contributed by atoms with Gasteiger partial charge in [0, 0.05) is 6.54 Å². The molecule has 0 aliphatic carbocycles. The number of hydrogen-bond acceptors (Lipinski definition) is 4. The second kappa shape index (κ2) is 9.01. The fourth-order valence-corrected chi connectivity index (χ4v) is 2.82. The molecule has 6 nitrogen and oxygen atoms in total. The minimum absolute atomic E-state index is 0.0735. The molecule has 23 heavy (non-hydrogen) atoms. The second-order valence-electron chi connectivity index (χ2n) is 6.66. The molecule has 1 aliphatic rings. The van der Waals surface area contributed by atoms with E-state index in [1.807, 2.05) is 27.7 Å². The fourth-order valence-electron chi connectivity index (χ4n) is 2.82. The summed E-state index contributed by atoms with van der Waals surface area (Å²) < 4.78 is 0. The van der Waals surface area contributed by atoms with Gasteiger partial charge in [0.1, 0.15) is 12.3 Å². The van der Waals surface area contributed by atoms with Gasteiger partial charge in [-0.15, -0.1) is 0 Å². The molecule has 0 aromatic carbocycles. The largest absolute Gasteiger partial charge is 0.345 e. The lowest BCUT2D eigenvalue weighted by Gasteiger charge is -2.30. The third-order valence-corrected chi connectivity index (χ3v) is 5.09. The van der Waals surface area contributed by atoms with Crippen LogP contribution in [0.15, 0.2) is 0 Å². The molecule has 6 heteroatoms. The monoisotopic (exact) mass is 325 g/mol. The number of carbonyl (C=O) groups excluding carboxylic acids is 3. The maximum absolute atomic E-state index is 12.6. The van der Waals surface area contributed by atoms with Crippen molar-refractivity contribution >= 4 is 18.1 Å². The third kappa shape index (κ3) is 4.77. The Balaban J connectivity index is 2.76. The van der Waals surface area contributed by atoms with Gasteiger partial charge >= 0.3 is 0 Å². The van der Waals surface area contributed by atoms with Crippen LogP contribution in [0.3, 0.4) is 0 Å². The van der Waals surface area contributed by atoms with Gasteiger partial charge in [0.05, 0.1) is 12.1 Å². The molecule has 0 spiro atoms. The fraction of sp³-hybridized carbons (Fsp3) is 0.824. The summed E-state index contributed by atoms with van der Waals surface area (Å²) in [6.07, 6.45) is 3.80. The molecule has 1 saturated heterocycles. The van der Waals surface area contributed by atoms with Crippen LogP contribution < -0.4 is 11.1 Å². The topological polar surface area (TPSA) is 92.5 Å². The summed E-state index contributed by atoms with van der Waals surface area (Å²) in [6, 6.07) is -1.60. The molecule has 0 radical (unpaired) electrons. The SMILES string of the molecule is CCC(C)C(C=O)NC(=O)C1CCCN1C(=O)C(N)C(C)CC. The van der Waals surface area contributed by atoms with E-state index in [-0.39, 0.29) is 23.7 Å². The Morgan fingerprint density at radius 2 is 1.87 bits per heavy atom. The van der Waals surface area contributed by atoms with Crippen LogP contribution in [0.25, 0.3) is 0 Å². The highest BCUT2D eigenvalue weighted by molar-refractivity contribution is 5.91. The van der Waals surface area contributed by atoms with Gasteiger partial charge in [0.2, 0.25) is 11.8 Å². The van der Waals surface area contributed by atoms with Crippen LogP contribution in [0.1, 0.15) is 53.4 Å². The Hall–Kier alpha value is -1.43. The van der Waals surface area contributed by atoms with E-state index in [0.29, 0.717) is 13.0 Å². The summed E-state index contributed by atoms with van der Waals surface area (Å²) in [5, 5.41) is 2.78. The van der Waals surface area contributed by atoms with Gasteiger partial charge in [-0.1, -0.05) is 40.5 Å². The van der Waals surface area contributed by atoms with E-state index in [4.69, 9.17) is 5.73 Å². The van der Waals surface area contributed by atoms with Gasteiger partial charge in [0.15, 0.2) is 0 Å². The number of likely N-dealkylation sites (tertiary alicyclic amines) is 1. The first kappa shape index (κ1) is 19.6. The number of amides is 2. The highest BCUT2D eigenvalue weighted by Gasteiger charge is 2.38. The van der Waals surface area contributed by atoms with Crippen molar-refractivity contribution < 1.29 is 14.4 Å². The van der Waals surface area contributed by atoms with E-state index in [9.17, 15) is 14.4 Å². The molecule has 0 bridgehead atoms. The molecule has 3 N–H and O–H groups in total. The van der Waals surface area contributed by atoms with Crippen molar-refractivity contribution in [1.82, 2.24) is 10.2 Å². The molecule has 0 aromatic rings. The molecule has 132 valence electrons. The van der Waals surface area contributed by atoms with E-state index in [0.717, 1.165) is 25.5 Å². The highest BCUT2D eigenvalue weighted by Crippen LogP contribution is 2.21. The molecular formula is C17H31N3O3. The smallest absolute Gasteiger partial charge is 0.243 e. The molecule has 1 heterocycles. The molecular weight excluding hydrogens is 294 g/mol. The van der Waals surface area contributed by atoms with Crippen LogP contribution in [-0.4, -0.2) is 47.7 Å². The van der Waals surface area contributed by atoms with Crippen molar-refractivity contribution in [1.29, 1.82) is 0 Å². The molecule has 5 atom stereocenters. The zero-order chi connectivity index (χ0) is 17.6. The molecule has 2 amide bonds. The van der Waals surface area contributed by atoms with E-state index in [1.54, 1.807) is 4.90 Å². The Kier molecular flexibility index (Phi) is 7.68. The van der Waals surface area contributed by atoms with Crippen molar-refractivity contribution in [2.24, 2.45) is 17.6 Å². The zero-order valence-electron chi connectivity index (χ0n) is 14.7. The van der Waals surface area contributed by atoms with E-state index in [1.165, 1.54) is 0 Å². The van der Waals surface area contributed by atoms with E-state index < -0.39 is 18.1 Å². The third-order valence-electron chi connectivity index (χ3n) is 5.09. The van der Waals surface area contributed by atoms with Crippen molar-refractivity contribution in [3.63, 3.8) is 0 Å². The molecule has 1 rings (SSSR count). The van der Waals surface area contributed by atoms with Crippen LogP contribution in [0, 0.1) is 11.8 Å². The molecule has 1 aliphatic heterocycles. The number of carbonyl (C=O) groups is 3. The summed E-state index contributed by atoms with van der Waals surface area (Å²) in [5.74, 6) is -0.258. The summed E-state index contributed by atoms with van der Waals surface area (Å²) in [5.41, 5.74) is 6.03. The van der Waals surface area contributed by atoms with Crippen LogP contribution in [0.4, 0.5) is 0 Å². The zero-order valence-corrected chi connectivity index (χ0v) is 14.7. The average Bonchev–Trinajstić information content (AvgIpc) is 3.06. The van der Waals surface area contributed by atoms with Gasteiger partial charge in [-0.2, -0.15) is 0 Å². The summed E-state index contributed by atoms with van der Waals surface area (Å²) in [4.78, 5) is 37.8. The number of nitrogens with zero attached hydrogens (tertiary/aromatic N) is 1. The lowest BCUT2D eigenvalue weighted by Crippen LogP contribution is -2.54. The quantitative estimate of drug-likeness (QED) is 0.653. The van der Waals surface area contributed by atoms with E-state index >= 15 is 0 Å². The van der Waals surface area contributed by atoms with Gasteiger partial charge in [0.25, 0.3) is 0 Å². The van der Waals surface area contributed by atoms with Crippen molar-refractivity contribution in [2.45, 2.75) is 71.5 Å². The maximum Gasteiger partial charge on any atom is 0.243 e. The van der Waals surface area contributed by atoms with Crippen LogP contribution in [0.2, 0.25) is 0 Å². The Morgan fingerprint density at radius 1 is 1.26 bits per heavy atom. The first-order chi connectivity index (χ1) is 10.9. The van der Waals surface area contributed by atoms with Gasteiger partial charge < -0.3 is 20.7 Å². The minimum Gasteiger partial charge on any atom is -0.345 e. The van der Waals surface area contributed by atoms with Crippen molar-refractivity contribution in [3.05, 3.63) is 0 Å². The van der Waals surface area contributed by atoms with Gasteiger partial charge in [-0.25, -0.2) is 0 Å². The predicted molar refractivity (Wildman–Crippen MR) is 89.6 cm³/mol. The van der Waals surface area contributed by atoms with Crippen LogP contribution >= 0.6 is 0 Å². The number of nitrogens with one attached hydrogen (secondary N) is 1. The number of aldehydes is 1. The number of nitrogens with two attached hydrogens (primary N) is 1. The predicted octanol–water partition coefficient (Wildman–Crippen LogP) is 1.08. The second-order valence-corrected chi connectivity index (χ2v) is 6.66. The Bertz CT molecular complexity index is 427. The van der Waals surface area contributed by atoms with Crippen molar-refractivity contribution in [3.8, 4) is 0 Å². The lowest BCUT2D eigenvalue weighted by molar-refractivity contribution is -0.140. The Labute approximate surface area is 139 Å². The Morgan fingerprint density at radius 3 is 2.39 bits per heavy atom. The minimum atomic E-state index is -0.579. The molecule has 0 aromatic heterocycles. The summed E-state index contributed by atoms with van der Waals surface area (Å²) in [6.45, 7) is 8.39. The molecule has 1 fully saturated rings. The van der Waals surface area contributed by atoms with Gasteiger partial charge in [-0.05, 0) is 24.7 Å². The van der Waals surface area contributed by atoms with Crippen LogP contribution in [0.5, 0.6) is 0 Å². The number of rotatable bonds is 8. The molecule has 0 saturated carbocycles. The number of hydrogen-bond donors (Lipinski definition) is 2. The summed E-state index contributed by atoms with van der Waals surface area (Å²) in [7, 11) is 0. The van der Waals surface area contributed by atoms with Crippen molar-refractivity contribution in [2.75, 3.05) is 6.54 Å². The van der Waals surface area contributed by atoms with Gasteiger partial charge in [-0.3, -0.25) is 9.59 Å².